The largest absolute Gasteiger partial charge is 0.385 e. The lowest BCUT2D eigenvalue weighted by Gasteiger charge is -2.16. The van der Waals surface area contributed by atoms with Gasteiger partial charge in [0.25, 0.3) is 0 Å². The molecule has 2 aromatic rings. The van der Waals surface area contributed by atoms with Crippen molar-refractivity contribution >= 4 is 22.6 Å². The Kier molecular flexibility index (Phi) is 6.19. The number of likely N-dealkylation sites (tertiary alicyclic amines) is 1. The number of fused-ring (bicyclic) bond motifs is 1. The molecule has 1 fully saturated rings. The number of nitrogens with zero attached hydrogens (tertiary/aromatic N) is 2. The smallest absolute Gasteiger partial charge is 0.319 e. The Morgan fingerprint density at radius 1 is 1.40 bits per heavy atom. The van der Waals surface area contributed by atoms with Crippen molar-refractivity contribution in [1.82, 2.24) is 15.2 Å². The number of aromatic nitrogens is 1. The second kappa shape index (κ2) is 8.78. The van der Waals surface area contributed by atoms with Gasteiger partial charge >= 0.3 is 6.03 Å². The molecule has 25 heavy (non-hydrogen) atoms. The molecule has 1 aliphatic rings. The number of hydrogen-bond donors (Lipinski definition) is 2. The van der Waals surface area contributed by atoms with Crippen molar-refractivity contribution in [3.8, 4) is 0 Å². The van der Waals surface area contributed by atoms with Crippen LogP contribution in [0.2, 0.25) is 0 Å². The van der Waals surface area contributed by atoms with E-state index in [0.29, 0.717) is 12.5 Å². The first kappa shape index (κ1) is 17.6. The van der Waals surface area contributed by atoms with Gasteiger partial charge in [-0.15, -0.1) is 0 Å². The molecule has 0 bridgehead atoms. The molecule has 6 nitrogen and oxygen atoms in total. The quantitative estimate of drug-likeness (QED) is 0.759. The highest BCUT2D eigenvalue weighted by Gasteiger charge is 2.22. The number of amides is 2. The Hall–Kier alpha value is -2.18. The summed E-state index contributed by atoms with van der Waals surface area (Å²) in [6, 6.07) is 9.51. The zero-order chi connectivity index (χ0) is 17.5. The summed E-state index contributed by atoms with van der Waals surface area (Å²) < 4.78 is 5.09. The summed E-state index contributed by atoms with van der Waals surface area (Å²) in [4.78, 5) is 18.9. The van der Waals surface area contributed by atoms with E-state index in [0.717, 1.165) is 55.7 Å². The Morgan fingerprint density at radius 2 is 2.32 bits per heavy atom. The number of anilines is 1. The normalized spacial score (nSPS) is 17.7. The van der Waals surface area contributed by atoms with Crippen molar-refractivity contribution < 1.29 is 9.53 Å². The zero-order valence-corrected chi connectivity index (χ0v) is 14.7. The minimum absolute atomic E-state index is 0.159. The highest BCUT2D eigenvalue weighted by Crippen LogP contribution is 2.17. The molecular formula is C19H26N4O2. The molecular weight excluding hydrogens is 316 g/mol. The van der Waals surface area contributed by atoms with E-state index in [2.05, 4.69) is 20.5 Å². The SMILES string of the molecule is COCCCN1CC[C@H](CNC(=O)Nc2ccc3cccnc3c2)C1. The van der Waals surface area contributed by atoms with Gasteiger partial charge < -0.3 is 20.3 Å². The zero-order valence-electron chi connectivity index (χ0n) is 14.7. The average molecular weight is 342 g/mol. The van der Waals surface area contributed by atoms with Crippen molar-refractivity contribution in [3.63, 3.8) is 0 Å². The first-order valence-electron chi connectivity index (χ1n) is 8.85. The lowest BCUT2D eigenvalue weighted by molar-refractivity contribution is 0.178. The number of carbonyl (C=O) groups is 1. The Morgan fingerprint density at radius 3 is 3.20 bits per heavy atom. The summed E-state index contributed by atoms with van der Waals surface area (Å²) in [5, 5.41) is 6.94. The molecule has 1 aromatic carbocycles. The van der Waals surface area contributed by atoms with E-state index >= 15 is 0 Å². The lowest BCUT2D eigenvalue weighted by Crippen LogP contribution is -2.34. The molecule has 0 saturated carbocycles. The van der Waals surface area contributed by atoms with E-state index < -0.39 is 0 Å². The molecule has 0 unspecified atom stereocenters. The van der Waals surface area contributed by atoms with Crippen LogP contribution in [-0.4, -0.2) is 55.8 Å². The second-order valence-electron chi connectivity index (χ2n) is 6.55. The molecule has 0 spiro atoms. The van der Waals surface area contributed by atoms with Gasteiger partial charge in [-0.1, -0.05) is 12.1 Å². The Balaban J connectivity index is 1.42. The van der Waals surface area contributed by atoms with Gasteiger partial charge in [-0.3, -0.25) is 4.98 Å². The molecule has 2 amide bonds. The fraction of sp³-hybridized carbons (Fsp3) is 0.474. The fourth-order valence-corrected chi connectivity index (χ4v) is 3.27. The van der Waals surface area contributed by atoms with Crippen LogP contribution in [0.25, 0.3) is 10.9 Å². The third-order valence-corrected chi connectivity index (χ3v) is 4.61. The number of hydrogen-bond acceptors (Lipinski definition) is 4. The topological polar surface area (TPSA) is 66.5 Å². The molecule has 134 valence electrons. The Labute approximate surface area is 148 Å². The minimum atomic E-state index is -0.159. The van der Waals surface area contributed by atoms with E-state index in [1.54, 1.807) is 13.3 Å². The van der Waals surface area contributed by atoms with Gasteiger partial charge in [-0.2, -0.15) is 0 Å². The van der Waals surface area contributed by atoms with E-state index in [1.807, 2.05) is 30.3 Å². The predicted molar refractivity (Wildman–Crippen MR) is 99.8 cm³/mol. The molecule has 3 rings (SSSR count). The highest BCUT2D eigenvalue weighted by molar-refractivity contribution is 5.92. The maximum atomic E-state index is 12.1. The summed E-state index contributed by atoms with van der Waals surface area (Å²) in [6.07, 6.45) is 3.95. The summed E-state index contributed by atoms with van der Waals surface area (Å²) in [7, 11) is 1.74. The van der Waals surface area contributed by atoms with Crippen LogP contribution in [0, 0.1) is 5.92 Å². The third-order valence-electron chi connectivity index (χ3n) is 4.61. The summed E-state index contributed by atoms with van der Waals surface area (Å²) in [5.41, 5.74) is 1.64. The molecule has 2 N–H and O–H groups in total. The number of carbonyl (C=O) groups excluding carboxylic acids is 1. The monoisotopic (exact) mass is 342 g/mol. The molecule has 1 aromatic heterocycles. The lowest BCUT2D eigenvalue weighted by atomic mass is 10.1. The summed E-state index contributed by atoms with van der Waals surface area (Å²) >= 11 is 0. The van der Waals surface area contributed by atoms with Crippen LogP contribution in [0.1, 0.15) is 12.8 Å². The van der Waals surface area contributed by atoms with Crippen LogP contribution in [0.3, 0.4) is 0 Å². The van der Waals surface area contributed by atoms with Crippen molar-refractivity contribution in [3.05, 3.63) is 36.5 Å². The van der Waals surface area contributed by atoms with Crippen LogP contribution < -0.4 is 10.6 Å². The molecule has 1 saturated heterocycles. The molecule has 1 aliphatic heterocycles. The van der Waals surface area contributed by atoms with Crippen molar-refractivity contribution in [1.29, 1.82) is 0 Å². The van der Waals surface area contributed by atoms with Crippen molar-refractivity contribution in [2.24, 2.45) is 5.92 Å². The minimum Gasteiger partial charge on any atom is -0.385 e. The number of nitrogens with one attached hydrogen (secondary N) is 2. The standard InChI is InChI=1S/C19H26N4O2/c1-25-11-3-9-23-10-7-15(14-23)13-21-19(24)22-17-6-5-16-4-2-8-20-18(16)12-17/h2,4-6,8,12,15H,3,7,9-11,13-14H2,1H3,(H2,21,22,24)/t15-/m1/s1. The number of benzene rings is 1. The van der Waals surface area contributed by atoms with Gasteiger partial charge in [0.2, 0.25) is 0 Å². The second-order valence-corrected chi connectivity index (χ2v) is 6.55. The first-order chi connectivity index (χ1) is 12.2. The molecule has 0 aliphatic carbocycles. The number of methoxy groups -OCH3 is 1. The fourth-order valence-electron chi connectivity index (χ4n) is 3.27. The van der Waals surface area contributed by atoms with Crippen LogP contribution >= 0.6 is 0 Å². The number of urea groups is 1. The number of rotatable bonds is 7. The van der Waals surface area contributed by atoms with Crippen LogP contribution in [-0.2, 0) is 4.74 Å². The third kappa shape index (κ3) is 5.14. The Bertz CT molecular complexity index is 707. The average Bonchev–Trinajstić information content (AvgIpc) is 3.08. The van der Waals surface area contributed by atoms with Gasteiger partial charge in [-0.05, 0) is 43.5 Å². The molecule has 2 heterocycles. The van der Waals surface area contributed by atoms with E-state index in [1.165, 1.54) is 0 Å². The molecule has 1 atom stereocenters. The van der Waals surface area contributed by atoms with Crippen LogP contribution in [0.15, 0.2) is 36.5 Å². The van der Waals surface area contributed by atoms with Gasteiger partial charge in [0.1, 0.15) is 0 Å². The van der Waals surface area contributed by atoms with Crippen molar-refractivity contribution in [2.75, 3.05) is 45.2 Å². The number of pyridine rings is 1. The predicted octanol–water partition coefficient (Wildman–Crippen LogP) is 2.71. The van der Waals surface area contributed by atoms with Crippen LogP contribution in [0.5, 0.6) is 0 Å². The van der Waals surface area contributed by atoms with E-state index in [4.69, 9.17) is 4.74 Å². The van der Waals surface area contributed by atoms with E-state index in [-0.39, 0.29) is 6.03 Å². The highest BCUT2D eigenvalue weighted by atomic mass is 16.5. The van der Waals surface area contributed by atoms with Gasteiger partial charge in [0.05, 0.1) is 5.52 Å². The van der Waals surface area contributed by atoms with Gasteiger partial charge in [0.15, 0.2) is 0 Å². The van der Waals surface area contributed by atoms with Gasteiger partial charge in [0, 0.05) is 50.6 Å². The van der Waals surface area contributed by atoms with Crippen LogP contribution in [0.4, 0.5) is 10.5 Å². The van der Waals surface area contributed by atoms with Gasteiger partial charge in [-0.25, -0.2) is 4.79 Å². The summed E-state index contributed by atoms with van der Waals surface area (Å²) in [6.45, 7) is 4.74. The molecule has 0 radical (unpaired) electrons. The summed E-state index contributed by atoms with van der Waals surface area (Å²) in [5.74, 6) is 0.520. The van der Waals surface area contributed by atoms with E-state index in [9.17, 15) is 4.79 Å². The molecule has 6 heteroatoms. The number of ether oxygens (including phenoxy) is 1. The maximum Gasteiger partial charge on any atom is 0.319 e. The van der Waals surface area contributed by atoms with Crippen molar-refractivity contribution in [2.45, 2.75) is 12.8 Å². The first-order valence-corrected chi connectivity index (χ1v) is 8.85. The maximum absolute atomic E-state index is 12.1.